The quantitative estimate of drug-likeness (QED) is 0.779. The van der Waals surface area contributed by atoms with Crippen molar-refractivity contribution in [3.63, 3.8) is 0 Å². The van der Waals surface area contributed by atoms with Gasteiger partial charge in [-0.3, -0.25) is 4.79 Å². The molecular weight excluding hydrogens is 249 g/mol. The Kier molecular flexibility index (Phi) is 4.50. The zero-order valence-electron chi connectivity index (χ0n) is 11.2. The van der Waals surface area contributed by atoms with Gasteiger partial charge in [0.2, 0.25) is 0 Å². The number of hydrogen-bond donors (Lipinski definition) is 0. The van der Waals surface area contributed by atoms with Crippen molar-refractivity contribution in [2.24, 2.45) is 0 Å². The van der Waals surface area contributed by atoms with Crippen LogP contribution in [0.3, 0.4) is 0 Å². The van der Waals surface area contributed by atoms with Crippen LogP contribution in [0, 0.1) is 5.82 Å². The molecule has 2 rings (SSSR count). The number of morpholine rings is 1. The van der Waals surface area contributed by atoms with E-state index in [9.17, 15) is 9.18 Å². The number of nitrogens with zero attached hydrogens (tertiary/aromatic N) is 1. The van der Waals surface area contributed by atoms with Gasteiger partial charge in [0, 0.05) is 13.1 Å². The molecule has 0 radical (unpaired) electrons. The molecule has 5 heteroatoms. The molecule has 0 bridgehead atoms. The lowest BCUT2D eigenvalue weighted by Gasteiger charge is -2.30. The molecule has 1 heterocycles. The molecule has 0 N–H and O–H groups in total. The first-order chi connectivity index (χ1) is 9.06. The molecule has 19 heavy (non-hydrogen) atoms. The predicted octanol–water partition coefficient (Wildman–Crippen LogP) is 1.74. The predicted molar refractivity (Wildman–Crippen MR) is 69.1 cm³/mol. The molecule has 1 saturated heterocycles. The largest absolute Gasteiger partial charge is 0.490 e. The standard InChI is InChI=1S/C14H18FNO3/c1-10(17)13-7-11(15)3-4-14(13)19-9-12-8-16(2)5-6-18-12/h3-4,7,12H,5-6,8-9H2,1-2H3. The number of likely N-dealkylation sites (N-methyl/N-ethyl adjacent to an activating group) is 1. The first-order valence-corrected chi connectivity index (χ1v) is 6.29. The van der Waals surface area contributed by atoms with Gasteiger partial charge < -0.3 is 14.4 Å². The zero-order valence-corrected chi connectivity index (χ0v) is 11.2. The van der Waals surface area contributed by atoms with E-state index in [4.69, 9.17) is 9.47 Å². The molecule has 1 fully saturated rings. The second kappa shape index (κ2) is 6.12. The molecule has 104 valence electrons. The average Bonchev–Trinajstić information content (AvgIpc) is 2.37. The van der Waals surface area contributed by atoms with Crippen molar-refractivity contribution in [2.75, 3.05) is 33.4 Å². The molecule has 1 unspecified atom stereocenters. The van der Waals surface area contributed by atoms with E-state index in [0.29, 0.717) is 19.0 Å². The highest BCUT2D eigenvalue weighted by Gasteiger charge is 2.19. The maximum Gasteiger partial charge on any atom is 0.163 e. The SMILES string of the molecule is CC(=O)c1cc(F)ccc1OCC1CN(C)CCO1. The number of carbonyl (C=O) groups is 1. The third-order valence-electron chi connectivity index (χ3n) is 3.09. The maximum absolute atomic E-state index is 13.1. The summed E-state index contributed by atoms with van der Waals surface area (Å²) in [6, 6.07) is 3.97. The van der Waals surface area contributed by atoms with Crippen LogP contribution < -0.4 is 4.74 Å². The lowest BCUT2D eigenvalue weighted by atomic mass is 10.1. The summed E-state index contributed by atoms with van der Waals surface area (Å²) in [4.78, 5) is 13.6. The van der Waals surface area contributed by atoms with E-state index in [1.807, 2.05) is 7.05 Å². The van der Waals surface area contributed by atoms with E-state index in [1.54, 1.807) is 0 Å². The smallest absolute Gasteiger partial charge is 0.163 e. The van der Waals surface area contributed by atoms with Crippen LogP contribution in [0.25, 0.3) is 0 Å². The number of carbonyl (C=O) groups excluding carboxylic acids is 1. The highest BCUT2D eigenvalue weighted by molar-refractivity contribution is 5.96. The Morgan fingerprint density at radius 3 is 3.05 bits per heavy atom. The molecule has 0 spiro atoms. The second-order valence-corrected chi connectivity index (χ2v) is 4.76. The number of ether oxygens (including phenoxy) is 2. The van der Waals surface area contributed by atoms with Crippen LogP contribution in [0.4, 0.5) is 4.39 Å². The van der Waals surface area contributed by atoms with Gasteiger partial charge in [-0.2, -0.15) is 0 Å². The van der Waals surface area contributed by atoms with Crippen molar-refractivity contribution < 1.29 is 18.7 Å². The van der Waals surface area contributed by atoms with Gasteiger partial charge in [0.25, 0.3) is 0 Å². The minimum absolute atomic E-state index is 0.0244. The van der Waals surface area contributed by atoms with Crippen molar-refractivity contribution in [1.82, 2.24) is 4.90 Å². The van der Waals surface area contributed by atoms with E-state index in [2.05, 4.69) is 4.90 Å². The van der Waals surface area contributed by atoms with Gasteiger partial charge in [0.1, 0.15) is 24.3 Å². The fourth-order valence-electron chi connectivity index (χ4n) is 2.05. The summed E-state index contributed by atoms with van der Waals surface area (Å²) in [7, 11) is 2.02. The summed E-state index contributed by atoms with van der Waals surface area (Å²) < 4.78 is 24.3. The average molecular weight is 267 g/mol. The second-order valence-electron chi connectivity index (χ2n) is 4.76. The van der Waals surface area contributed by atoms with Gasteiger partial charge in [-0.15, -0.1) is 0 Å². The molecule has 1 aliphatic heterocycles. The molecule has 0 amide bonds. The molecule has 1 aromatic carbocycles. The Morgan fingerprint density at radius 2 is 2.37 bits per heavy atom. The Balaban J connectivity index is 2.01. The summed E-state index contributed by atoms with van der Waals surface area (Å²) >= 11 is 0. The molecule has 4 nitrogen and oxygen atoms in total. The Morgan fingerprint density at radius 1 is 1.58 bits per heavy atom. The number of hydrogen-bond acceptors (Lipinski definition) is 4. The van der Waals surface area contributed by atoms with E-state index in [0.717, 1.165) is 13.1 Å². The van der Waals surface area contributed by atoms with E-state index < -0.39 is 5.82 Å². The number of halogens is 1. The van der Waals surface area contributed by atoms with Crippen molar-refractivity contribution in [2.45, 2.75) is 13.0 Å². The lowest BCUT2D eigenvalue weighted by molar-refractivity contribution is -0.0404. The Labute approximate surface area is 112 Å². The van der Waals surface area contributed by atoms with Gasteiger partial charge >= 0.3 is 0 Å². The summed E-state index contributed by atoms with van der Waals surface area (Å²) in [5.74, 6) is -0.242. The number of benzene rings is 1. The lowest BCUT2D eigenvalue weighted by Crippen LogP contribution is -2.42. The van der Waals surface area contributed by atoms with E-state index in [1.165, 1.54) is 25.1 Å². The van der Waals surface area contributed by atoms with Crippen LogP contribution in [0.5, 0.6) is 5.75 Å². The molecule has 1 aromatic rings. The van der Waals surface area contributed by atoms with Crippen molar-refractivity contribution in [3.8, 4) is 5.75 Å². The Bertz CT molecular complexity index is 464. The molecule has 0 aliphatic carbocycles. The zero-order chi connectivity index (χ0) is 13.8. The van der Waals surface area contributed by atoms with Crippen molar-refractivity contribution in [3.05, 3.63) is 29.6 Å². The molecule has 0 aromatic heterocycles. The van der Waals surface area contributed by atoms with E-state index >= 15 is 0 Å². The van der Waals surface area contributed by atoms with Gasteiger partial charge in [0.15, 0.2) is 5.78 Å². The fraction of sp³-hybridized carbons (Fsp3) is 0.500. The van der Waals surface area contributed by atoms with Crippen LogP contribution in [0.1, 0.15) is 17.3 Å². The van der Waals surface area contributed by atoms with Crippen LogP contribution in [0.2, 0.25) is 0 Å². The van der Waals surface area contributed by atoms with E-state index in [-0.39, 0.29) is 17.5 Å². The monoisotopic (exact) mass is 267 g/mol. The van der Waals surface area contributed by atoms with Crippen molar-refractivity contribution >= 4 is 5.78 Å². The summed E-state index contributed by atoms with van der Waals surface area (Å²) in [6.45, 7) is 4.12. The minimum atomic E-state index is -0.439. The fourth-order valence-corrected chi connectivity index (χ4v) is 2.05. The highest BCUT2D eigenvalue weighted by Crippen LogP contribution is 2.21. The highest BCUT2D eigenvalue weighted by atomic mass is 19.1. The van der Waals surface area contributed by atoms with Crippen LogP contribution in [-0.4, -0.2) is 50.1 Å². The summed E-state index contributed by atoms with van der Waals surface area (Å²) in [6.07, 6.45) is -0.0244. The van der Waals surface area contributed by atoms with Gasteiger partial charge in [-0.1, -0.05) is 0 Å². The van der Waals surface area contributed by atoms with Crippen LogP contribution in [-0.2, 0) is 4.74 Å². The molecule has 1 aliphatic rings. The number of Topliss-reactive ketones (excluding diaryl/α,β-unsaturated/α-hetero) is 1. The van der Waals surface area contributed by atoms with Crippen LogP contribution >= 0.6 is 0 Å². The summed E-state index contributed by atoms with van der Waals surface area (Å²) in [5, 5.41) is 0. The molecule has 1 atom stereocenters. The normalized spacial score (nSPS) is 20.3. The number of ketones is 1. The van der Waals surface area contributed by atoms with Gasteiger partial charge in [-0.05, 0) is 32.2 Å². The topological polar surface area (TPSA) is 38.8 Å². The number of rotatable bonds is 4. The third-order valence-corrected chi connectivity index (χ3v) is 3.09. The van der Waals surface area contributed by atoms with Gasteiger partial charge in [0.05, 0.1) is 12.2 Å². The molecular formula is C14H18FNO3. The Hall–Kier alpha value is -1.46. The third kappa shape index (κ3) is 3.75. The maximum atomic E-state index is 13.1. The molecule has 0 saturated carbocycles. The van der Waals surface area contributed by atoms with Crippen LogP contribution in [0.15, 0.2) is 18.2 Å². The first kappa shape index (κ1) is 14.0. The minimum Gasteiger partial charge on any atom is -0.490 e. The first-order valence-electron chi connectivity index (χ1n) is 6.29. The van der Waals surface area contributed by atoms with Gasteiger partial charge in [-0.25, -0.2) is 4.39 Å². The summed E-state index contributed by atoms with van der Waals surface area (Å²) in [5.41, 5.74) is 0.268. The van der Waals surface area contributed by atoms with Crippen molar-refractivity contribution in [1.29, 1.82) is 0 Å².